The Labute approximate surface area is 108 Å². The summed E-state index contributed by atoms with van der Waals surface area (Å²) in [5.74, 6) is -0.272. The Bertz CT molecular complexity index is 495. The van der Waals surface area contributed by atoms with Gasteiger partial charge >= 0.3 is 0 Å². The molecule has 0 saturated heterocycles. The van der Waals surface area contributed by atoms with E-state index in [4.69, 9.17) is 0 Å². The van der Waals surface area contributed by atoms with Crippen LogP contribution < -0.4 is 0 Å². The molecule has 1 atom stereocenters. The minimum Gasteiger partial charge on any atom is -0.390 e. The van der Waals surface area contributed by atoms with Gasteiger partial charge in [-0.2, -0.15) is 0 Å². The lowest BCUT2D eigenvalue weighted by molar-refractivity contribution is 0.0507. The standard InChI is InChI=1S/C13H19FO3S/c1-13(15,7-4-8-18(2,16)17)10-11-5-3-6-12(14)9-11/h3,5-6,9,15H,4,7-8,10H2,1-2H3. The lowest BCUT2D eigenvalue weighted by Crippen LogP contribution is -2.28. The third-order valence-corrected chi connectivity index (χ3v) is 3.73. The van der Waals surface area contributed by atoms with Crippen molar-refractivity contribution in [1.82, 2.24) is 0 Å². The molecule has 1 N–H and O–H groups in total. The zero-order valence-corrected chi connectivity index (χ0v) is 11.5. The summed E-state index contributed by atoms with van der Waals surface area (Å²) in [5, 5.41) is 10.1. The summed E-state index contributed by atoms with van der Waals surface area (Å²) in [5.41, 5.74) is -0.308. The average molecular weight is 274 g/mol. The van der Waals surface area contributed by atoms with Gasteiger partial charge in [0, 0.05) is 18.4 Å². The van der Waals surface area contributed by atoms with Crippen LogP contribution in [0, 0.1) is 5.82 Å². The Morgan fingerprint density at radius 3 is 2.61 bits per heavy atom. The van der Waals surface area contributed by atoms with Crippen LogP contribution >= 0.6 is 0 Å². The minimum atomic E-state index is -3.00. The summed E-state index contributed by atoms with van der Waals surface area (Å²) >= 11 is 0. The lowest BCUT2D eigenvalue weighted by Gasteiger charge is -2.23. The van der Waals surface area contributed by atoms with E-state index in [0.717, 1.165) is 0 Å². The van der Waals surface area contributed by atoms with E-state index in [9.17, 15) is 17.9 Å². The quantitative estimate of drug-likeness (QED) is 0.862. The molecule has 1 aromatic rings. The molecule has 0 aromatic heterocycles. The van der Waals surface area contributed by atoms with Crippen LogP contribution in [0.15, 0.2) is 24.3 Å². The number of halogens is 1. The summed E-state index contributed by atoms with van der Waals surface area (Å²) in [6, 6.07) is 6.07. The fourth-order valence-electron chi connectivity index (χ4n) is 1.89. The summed E-state index contributed by atoms with van der Waals surface area (Å²) < 4.78 is 35.0. The summed E-state index contributed by atoms with van der Waals surface area (Å²) in [6.07, 6.45) is 2.26. The van der Waals surface area contributed by atoms with Crippen molar-refractivity contribution >= 4 is 9.84 Å². The summed E-state index contributed by atoms with van der Waals surface area (Å²) in [6.45, 7) is 1.64. The predicted octanol–water partition coefficient (Wildman–Crippen LogP) is 1.94. The fraction of sp³-hybridized carbons (Fsp3) is 0.538. The Morgan fingerprint density at radius 1 is 1.39 bits per heavy atom. The monoisotopic (exact) mass is 274 g/mol. The van der Waals surface area contributed by atoms with E-state index in [1.807, 2.05) is 0 Å². The first-order chi connectivity index (χ1) is 8.18. The van der Waals surface area contributed by atoms with Crippen molar-refractivity contribution in [2.45, 2.75) is 31.8 Å². The second kappa shape index (κ2) is 5.80. The second-order valence-electron chi connectivity index (χ2n) is 5.04. The van der Waals surface area contributed by atoms with Crippen molar-refractivity contribution < 1.29 is 17.9 Å². The first-order valence-corrected chi connectivity index (χ1v) is 7.89. The number of sulfone groups is 1. The van der Waals surface area contributed by atoms with Crippen LogP contribution in [0.25, 0.3) is 0 Å². The molecule has 3 nitrogen and oxygen atoms in total. The van der Waals surface area contributed by atoms with Crippen LogP contribution in [0.1, 0.15) is 25.3 Å². The van der Waals surface area contributed by atoms with Gasteiger partial charge in [-0.3, -0.25) is 0 Å². The molecule has 1 unspecified atom stereocenters. The van der Waals surface area contributed by atoms with Gasteiger partial charge in [0.1, 0.15) is 15.7 Å². The van der Waals surface area contributed by atoms with Crippen LogP contribution in [0.2, 0.25) is 0 Å². The van der Waals surface area contributed by atoms with Gasteiger partial charge in [0.05, 0.1) is 5.60 Å². The van der Waals surface area contributed by atoms with E-state index in [1.165, 1.54) is 18.4 Å². The van der Waals surface area contributed by atoms with E-state index in [2.05, 4.69) is 0 Å². The third kappa shape index (κ3) is 6.12. The molecule has 18 heavy (non-hydrogen) atoms. The highest BCUT2D eigenvalue weighted by atomic mass is 32.2. The summed E-state index contributed by atoms with van der Waals surface area (Å²) in [4.78, 5) is 0. The topological polar surface area (TPSA) is 54.4 Å². The first kappa shape index (κ1) is 15.1. The van der Waals surface area contributed by atoms with E-state index in [-0.39, 0.29) is 11.6 Å². The largest absolute Gasteiger partial charge is 0.390 e. The second-order valence-corrected chi connectivity index (χ2v) is 7.30. The van der Waals surface area contributed by atoms with Gasteiger partial charge in [0.15, 0.2) is 0 Å². The number of aliphatic hydroxyl groups is 1. The zero-order valence-electron chi connectivity index (χ0n) is 10.7. The minimum absolute atomic E-state index is 0.0618. The Kier molecular flexibility index (Phi) is 4.87. The third-order valence-electron chi connectivity index (χ3n) is 2.70. The maximum atomic E-state index is 13.0. The van der Waals surface area contributed by atoms with Gasteiger partial charge in [-0.05, 0) is 37.5 Å². The highest BCUT2D eigenvalue weighted by Crippen LogP contribution is 2.19. The highest BCUT2D eigenvalue weighted by Gasteiger charge is 2.21. The zero-order chi connectivity index (χ0) is 13.8. The Morgan fingerprint density at radius 2 is 2.06 bits per heavy atom. The molecule has 0 amide bonds. The van der Waals surface area contributed by atoms with E-state index >= 15 is 0 Å². The van der Waals surface area contributed by atoms with E-state index in [1.54, 1.807) is 19.1 Å². The number of hydrogen-bond donors (Lipinski definition) is 1. The molecule has 0 bridgehead atoms. The van der Waals surface area contributed by atoms with Gasteiger partial charge in [0.2, 0.25) is 0 Å². The van der Waals surface area contributed by atoms with Gasteiger partial charge in [-0.1, -0.05) is 12.1 Å². The van der Waals surface area contributed by atoms with Crippen molar-refractivity contribution in [2.75, 3.05) is 12.0 Å². The maximum absolute atomic E-state index is 13.0. The summed E-state index contributed by atoms with van der Waals surface area (Å²) in [7, 11) is -3.00. The molecule has 5 heteroatoms. The van der Waals surface area contributed by atoms with Crippen LogP contribution in [0.5, 0.6) is 0 Å². The highest BCUT2D eigenvalue weighted by molar-refractivity contribution is 7.90. The van der Waals surface area contributed by atoms with E-state index < -0.39 is 15.4 Å². The van der Waals surface area contributed by atoms with Crippen molar-refractivity contribution in [3.8, 4) is 0 Å². The smallest absolute Gasteiger partial charge is 0.147 e. The molecule has 0 aliphatic rings. The molecule has 0 spiro atoms. The van der Waals surface area contributed by atoms with Gasteiger partial charge in [-0.15, -0.1) is 0 Å². The predicted molar refractivity (Wildman–Crippen MR) is 69.7 cm³/mol. The SMILES string of the molecule is CC(O)(CCCS(C)(=O)=O)Cc1cccc(F)c1. The molecule has 0 radical (unpaired) electrons. The molecule has 0 fully saturated rings. The molecular formula is C13H19FO3S. The number of benzene rings is 1. The average Bonchev–Trinajstić information content (AvgIpc) is 2.13. The molecule has 0 heterocycles. The normalized spacial score (nSPS) is 15.3. The van der Waals surface area contributed by atoms with Crippen LogP contribution in [-0.4, -0.2) is 31.1 Å². The van der Waals surface area contributed by atoms with Crippen LogP contribution in [-0.2, 0) is 16.3 Å². The maximum Gasteiger partial charge on any atom is 0.147 e. The van der Waals surface area contributed by atoms with E-state index in [0.29, 0.717) is 24.8 Å². The number of hydrogen-bond acceptors (Lipinski definition) is 3. The Balaban J connectivity index is 2.54. The number of rotatable bonds is 6. The molecule has 0 saturated carbocycles. The van der Waals surface area contributed by atoms with Crippen molar-refractivity contribution in [3.63, 3.8) is 0 Å². The Hall–Kier alpha value is -0.940. The molecule has 1 rings (SSSR count). The molecule has 0 aliphatic carbocycles. The van der Waals surface area contributed by atoms with Crippen molar-refractivity contribution in [3.05, 3.63) is 35.6 Å². The molecule has 1 aromatic carbocycles. The van der Waals surface area contributed by atoms with Crippen LogP contribution in [0.4, 0.5) is 4.39 Å². The molecular weight excluding hydrogens is 255 g/mol. The van der Waals surface area contributed by atoms with Gasteiger partial charge < -0.3 is 5.11 Å². The first-order valence-electron chi connectivity index (χ1n) is 5.82. The van der Waals surface area contributed by atoms with Gasteiger partial charge in [-0.25, -0.2) is 12.8 Å². The lowest BCUT2D eigenvalue weighted by atomic mass is 9.92. The van der Waals surface area contributed by atoms with Crippen molar-refractivity contribution in [2.24, 2.45) is 0 Å². The molecule has 102 valence electrons. The van der Waals surface area contributed by atoms with Crippen LogP contribution in [0.3, 0.4) is 0 Å². The molecule has 0 aliphatic heterocycles. The van der Waals surface area contributed by atoms with Gasteiger partial charge in [0.25, 0.3) is 0 Å². The fourth-order valence-corrected chi connectivity index (χ4v) is 2.56. The van der Waals surface area contributed by atoms with Crippen molar-refractivity contribution in [1.29, 1.82) is 0 Å².